The predicted octanol–water partition coefficient (Wildman–Crippen LogP) is 0.364. The van der Waals surface area contributed by atoms with Gasteiger partial charge in [-0.15, -0.1) is 0 Å². The first kappa shape index (κ1) is 11.4. The smallest absolute Gasteiger partial charge is 0.324 e. The summed E-state index contributed by atoms with van der Waals surface area (Å²) in [4.78, 5) is 14.8. The highest BCUT2D eigenvalue weighted by Crippen LogP contribution is 2.19. The average Bonchev–Trinajstić information content (AvgIpc) is 2.64. The van der Waals surface area contributed by atoms with E-state index in [0.29, 0.717) is 6.01 Å². The molecule has 1 aromatic carbocycles. The summed E-state index contributed by atoms with van der Waals surface area (Å²) in [6, 6.07) is 6.86. The molecule has 1 heterocycles. The second kappa shape index (κ2) is 4.42. The van der Waals surface area contributed by atoms with Gasteiger partial charge in [-0.2, -0.15) is 4.98 Å². The van der Waals surface area contributed by atoms with E-state index in [1.807, 2.05) is 24.3 Å². The molecule has 2 rings (SSSR count). The molecule has 0 radical (unpaired) electrons. The van der Waals surface area contributed by atoms with Gasteiger partial charge in [-0.05, 0) is 12.1 Å². The number of aliphatic carboxylic acids is 1. The normalized spacial score (nSPS) is 12.6. The van der Waals surface area contributed by atoms with E-state index in [2.05, 4.69) is 4.98 Å². The summed E-state index contributed by atoms with van der Waals surface area (Å²) in [5, 5.41) is 8.64. The van der Waals surface area contributed by atoms with Crippen molar-refractivity contribution < 1.29 is 14.6 Å². The van der Waals surface area contributed by atoms with E-state index in [1.54, 1.807) is 11.6 Å². The van der Waals surface area contributed by atoms with Gasteiger partial charge in [0.25, 0.3) is 6.01 Å². The van der Waals surface area contributed by atoms with E-state index in [1.165, 1.54) is 0 Å². The number of nitrogens with zero attached hydrogens (tertiary/aromatic N) is 2. The zero-order valence-corrected chi connectivity index (χ0v) is 9.33. The second-order valence-corrected chi connectivity index (χ2v) is 3.70. The number of carbonyl (C=O) groups is 1. The molecule has 2 aromatic rings. The lowest BCUT2D eigenvalue weighted by molar-refractivity contribution is -0.139. The van der Waals surface area contributed by atoms with Crippen LogP contribution in [0.2, 0.25) is 0 Å². The van der Waals surface area contributed by atoms with Crippen molar-refractivity contribution in [1.82, 2.24) is 9.55 Å². The molecule has 1 unspecified atom stereocenters. The number of nitrogens with two attached hydrogens (primary N) is 1. The maximum absolute atomic E-state index is 10.5. The van der Waals surface area contributed by atoms with Gasteiger partial charge in [-0.3, -0.25) is 9.36 Å². The maximum Gasteiger partial charge on any atom is 0.324 e. The van der Waals surface area contributed by atoms with Gasteiger partial charge >= 0.3 is 5.97 Å². The van der Waals surface area contributed by atoms with Crippen molar-refractivity contribution in [2.75, 3.05) is 6.61 Å². The van der Waals surface area contributed by atoms with Crippen molar-refractivity contribution in [2.45, 2.75) is 6.04 Å². The molecule has 1 aromatic heterocycles. The number of fused-ring (bicyclic) bond motifs is 1. The van der Waals surface area contributed by atoms with Crippen LogP contribution in [-0.4, -0.2) is 33.3 Å². The summed E-state index contributed by atoms with van der Waals surface area (Å²) in [5.74, 6) is -1.09. The summed E-state index contributed by atoms with van der Waals surface area (Å²) < 4.78 is 7.04. The Bertz CT molecular complexity index is 550. The molecule has 0 aliphatic heterocycles. The Hall–Kier alpha value is -2.08. The molecule has 0 aliphatic rings. The number of hydrogen-bond acceptors (Lipinski definition) is 4. The van der Waals surface area contributed by atoms with Crippen molar-refractivity contribution in [2.24, 2.45) is 12.8 Å². The van der Waals surface area contributed by atoms with Crippen LogP contribution in [0.1, 0.15) is 0 Å². The number of para-hydroxylation sites is 2. The largest absolute Gasteiger partial charge is 0.480 e. The Morgan fingerprint density at radius 1 is 1.59 bits per heavy atom. The highest BCUT2D eigenvalue weighted by Gasteiger charge is 2.14. The average molecular weight is 235 g/mol. The summed E-state index contributed by atoms with van der Waals surface area (Å²) in [7, 11) is 1.80. The van der Waals surface area contributed by atoms with Gasteiger partial charge in [-0.1, -0.05) is 12.1 Å². The first-order chi connectivity index (χ1) is 8.09. The molecule has 0 fully saturated rings. The maximum atomic E-state index is 10.5. The highest BCUT2D eigenvalue weighted by molar-refractivity contribution is 5.76. The van der Waals surface area contributed by atoms with Crippen molar-refractivity contribution in [3.63, 3.8) is 0 Å². The van der Waals surface area contributed by atoms with Gasteiger partial charge in [0.1, 0.15) is 12.6 Å². The molecular weight excluding hydrogens is 222 g/mol. The van der Waals surface area contributed by atoms with E-state index in [9.17, 15) is 4.79 Å². The lowest BCUT2D eigenvalue weighted by Gasteiger charge is -2.08. The van der Waals surface area contributed by atoms with Crippen molar-refractivity contribution in [3.05, 3.63) is 24.3 Å². The van der Waals surface area contributed by atoms with Crippen LogP contribution >= 0.6 is 0 Å². The Morgan fingerprint density at radius 2 is 2.29 bits per heavy atom. The van der Waals surface area contributed by atoms with Crippen LogP contribution in [0.25, 0.3) is 11.0 Å². The fourth-order valence-electron chi connectivity index (χ4n) is 1.49. The fraction of sp³-hybridized carbons (Fsp3) is 0.273. The molecule has 90 valence electrons. The van der Waals surface area contributed by atoms with Crippen LogP contribution in [0.15, 0.2) is 24.3 Å². The second-order valence-electron chi connectivity index (χ2n) is 3.70. The minimum Gasteiger partial charge on any atom is -0.480 e. The van der Waals surface area contributed by atoms with Crippen LogP contribution in [0.3, 0.4) is 0 Å². The molecule has 3 N–H and O–H groups in total. The zero-order chi connectivity index (χ0) is 12.4. The van der Waals surface area contributed by atoms with Crippen LogP contribution in [0, 0.1) is 0 Å². The van der Waals surface area contributed by atoms with Crippen molar-refractivity contribution in [1.29, 1.82) is 0 Å². The molecule has 0 saturated heterocycles. The summed E-state index contributed by atoms with van der Waals surface area (Å²) in [5.41, 5.74) is 7.07. The van der Waals surface area contributed by atoms with E-state index in [-0.39, 0.29) is 6.61 Å². The topological polar surface area (TPSA) is 90.4 Å². The Balaban J connectivity index is 2.19. The first-order valence-electron chi connectivity index (χ1n) is 5.12. The van der Waals surface area contributed by atoms with Gasteiger partial charge in [0.2, 0.25) is 0 Å². The SMILES string of the molecule is Cn1c(OCC(N)C(=O)O)nc2ccccc21. The molecule has 0 saturated carbocycles. The van der Waals surface area contributed by atoms with Gasteiger partial charge < -0.3 is 15.6 Å². The molecule has 0 aliphatic carbocycles. The molecule has 6 nitrogen and oxygen atoms in total. The van der Waals surface area contributed by atoms with Crippen LogP contribution in [0.4, 0.5) is 0 Å². The predicted molar refractivity (Wildman–Crippen MR) is 61.8 cm³/mol. The first-order valence-corrected chi connectivity index (χ1v) is 5.12. The number of aryl methyl sites for hydroxylation is 1. The van der Waals surface area contributed by atoms with E-state index < -0.39 is 12.0 Å². The summed E-state index contributed by atoms with van der Waals surface area (Å²) in [6.45, 7) is -0.105. The molecular formula is C11H13N3O3. The van der Waals surface area contributed by atoms with Gasteiger partial charge in [0.15, 0.2) is 0 Å². The van der Waals surface area contributed by atoms with Gasteiger partial charge in [0, 0.05) is 7.05 Å². The number of hydrogen-bond donors (Lipinski definition) is 2. The highest BCUT2D eigenvalue weighted by atomic mass is 16.5. The molecule has 0 amide bonds. The third-order valence-electron chi connectivity index (χ3n) is 2.46. The van der Waals surface area contributed by atoms with Crippen LogP contribution in [-0.2, 0) is 11.8 Å². The zero-order valence-electron chi connectivity index (χ0n) is 9.33. The summed E-state index contributed by atoms with van der Waals surface area (Å²) >= 11 is 0. The van der Waals surface area contributed by atoms with Gasteiger partial charge in [0.05, 0.1) is 11.0 Å². The Kier molecular flexibility index (Phi) is 2.97. The van der Waals surface area contributed by atoms with Crippen LogP contribution in [0.5, 0.6) is 6.01 Å². The standard InChI is InChI=1S/C11H13N3O3/c1-14-9-5-3-2-4-8(9)13-11(14)17-6-7(12)10(15)16/h2-5,7H,6,12H2,1H3,(H,15,16). The molecule has 0 spiro atoms. The number of ether oxygens (including phenoxy) is 1. The number of benzene rings is 1. The minimum absolute atomic E-state index is 0.105. The number of imidazole rings is 1. The van der Waals surface area contributed by atoms with E-state index in [4.69, 9.17) is 15.6 Å². The van der Waals surface area contributed by atoms with Gasteiger partial charge in [-0.25, -0.2) is 0 Å². The molecule has 1 atom stereocenters. The van der Waals surface area contributed by atoms with E-state index >= 15 is 0 Å². The Morgan fingerprint density at radius 3 is 2.94 bits per heavy atom. The van der Waals surface area contributed by atoms with E-state index in [0.717, 1.165) is 11.0 Å². The molecule has 6 heteroatoms. The fourth-order valence-corrected chi connectivity index (χ4v) is 1.49. The number of carboxylic acid groups (broad SMARTS) is 1. The Labute approximate surface area is 97.6 Å². The molecule has 0 bridgehead atoms. The monoisotopic (exact) mass is 235 g/mol. The quantitative estimate of drug-likeness (QED) is 0.798. The van der Waals surface area contributed by atoms with Crippen molar-refractivity contribution in [3.8, 4) is 6.01 Å². The van der Waals surface area contributed by atoms with Crippen LogP contribution < -0.4 is 10.5 Å². The lowest BCUT2D eigenvalue weighted by atomic mass is 10.3. The minimum atomic E-state index is -1.09. The third-order valence-corrected chi connectivity index (χ3v) is 2.46. The third kappa shape index (κ3) is 2.21. The van der Waals surface area contributed by atoms with Crippen molar-refractivity contribution >= 4 is 17.0 Å². The lowest BCUT2D eigenvalue weighted by Crippen LogP contribution is -2.36. The number of rotatable bonds is 4. The number of carboxylic acids is 1. The number of aromatic nitrogens is 2. The summed E-state index contributed by atoms with van der Waals surface area (Å²) in [6.07, 6.45) is 0. The molecule has 17 heavy (non-hydrogen) atoms.